The third-order valence-corrected chi connectivity index (χ3v) is 3.10. The molecule has 0 saturated heterocycles. The normalized spacial score (nSPS) is 11.3. The van der Waals surface area contributed by atoms with Gasteiger partial charge in [-0.05, 0) is 0 Å². The summed E-state index contributed by atoms with van der Waals surface area (Å²) in [6, 6.07) is 9.11. The largest absolute Gasteiger partial charge is 0.405 e. The summed E-state index contributed by atoms with van der Waals surface area (Å²) in [5.41, 5.74) is 0.815. The Hall–Kier alpha value is -1.89. The molecule has 1 aromatic heterocycles. The van der Waals surface area contributed by atoms with Crippen LogP contribution in [0.1, 0.15) is 10.5 Å². The van der Waals surface area contributed by atoms with Crippen LogP contribution in [0.25, 0.3) is 10.6 Å². The van der Waals surface area contributed by atoms with Gasteiger partial charge in [0.05, 0.1) is 0 Å². The summed E-state index contributed by atoms with van der Waals surface area (Å²) >= 11 is 1.21. The molecular formula is C12H9F3N2OS. The van der Waals surface area contributed by atoms with Crippen LogP contribution in [0.4, 0.5) is 13.2 Å². The van der Waals surface area contributed by atoms with E-state index in [-0.39, 0.29) is 5.69 Å². The lowest BCUT2D eigenvalue weighted by Gasteiger charge is -2.06. The highest BCUT2D eigenvalue weighted by molar-refractivity contribution is 7.13. The van der Waals surface area contributed by atoms with Crippen LogP contribution in [0.5, 0.6) is 0 Å². The molecule has 19 heavy (non-hydrogen) atoms. The molecule has 1 amide bonds. The zero-order valence-electron chi connectivity index (χ0n) is 9.57. The Morgan fingerprint density at radius 1 is 1.26 bits per heavy atom. The molecule has 0 unspecified atom stereocenters. The van der Waals surface area contributed by atoms with Crippen molar-refractivity contribution >= 4 is 17.2 Å². The lowest BCUT2D eigenvalue weighted by atomic mass is 10.2. The van der Waals surface area contributed by atoms with E-state index in [1.54, 1.807) is 5.32 Å². The van der Waals surface area contributed by atoms with Crippen LogP contribution in [0, 0.1) is 0 Å². The summed E-state index contributed by atoms with van der Waals surface area (Å²) in [7, 11) is 0. The fourth-order valence-corrected chi connectivity index (χ4v) is 2.17. The first kappa shape index (κ1) is 13.5. The molecule has 7 heteroatoms. The van der Waals surface area contributed by atoms with E-state index in [0.717, 1.165) is 5.56 Å². The van der Waals surface area contributed by atoms with Gasteiger partial charge in [0.25, 0.3) is 5.91 Å². The number of halogens is 3. The van der Waals surface area contributed by atoms with Crippen molar-refractivity contribution in [3.05, 3.63) is 41.4 Å². The minimum absolute atomic E-state index is 0.00639. The first-order valence-electron chi connectivity index (χ1n) is 5.31. The van der Waals surface area contributed by atoms with Gasteiger partial charge in [-0.25, -0.2) is 4.98 Å². The lowest BCUT2D eigenvalue weighted by molar-refractivity contribution is -0.123. The molecule has 0 spiro atoms. The summed E-state index contributed by atoms with van der Waals surface area (Å²) in [5.74, 6) is -0.823. The van der Waals surface area contributed by atoms with Crippen molar-refractivity contribution < 1.29 is 18.0 Å². The standard InChI is InChI=1S/C12H9F3N2OS/c13-12(14,15)7-16-10(18)9-6-19-11(17-9)8-4-2-1-3-5-8/h1-6H,7H2,(H,16,18). The molecule has 0 atom stereocenters. The molecule has 1 N–H and O–H groups in total. The predicted octanol–water partition coefficient (Wildman–Crippen LogP) is 3.10. The SMILES string of the molecule is O=C(NCC(F)(F)F)c1csc(-c2ccccc2)n1. The Bertz CT molecular complexity index is 566. The number of nitrogens with zero attached hydrogens (tertiary/aromatic N) is 1. The molecule has 1 aromatic carbocycles. The quantitative estimate of drug-likeness (QED) is 0.942. The van der Waals surface area contributed by atoms with Crippen molar-refractivity contribution in [3.8, 4) is 10.6 Å². The maximum atomic E-state index is 12.0. The third kappa shape index (κ3) is 3.78. The fourth-order valence-electron chi connectivity index (χ4n) is 1.36. The number of carbonyl (C=O) groups is 1. The Kier molecular flexibility index (Phi) is 3.84. The smallest absolute Gasteiger partial charge is 0.342 e. The topological polar surface area (TPSA) is 42.0 Å². The van der Waals surface area contributed by atoms with Crippen molar-refractivity contribution in [2.45, 2.75) is 6.18 Å². The number of aromatic nitrogens is 1. The Labute approximate surface area is 111 Å². The van der Waals surface area contributed by atoms with Gasteiger partial charge in [-0.2, -0.15) is 13.2 Å². The van der Waals surface area contributed by atoms with Gasteiger partial charge < -0.3 is 5.32 Å². The second kappa shape index (κ2) is 5.40. The minimum Gasteiger partial charge on any atom is -0.342 e. The highest BCUT2D eigenvalue weighted by Crippen LogP contribution is 2.23. The van der Waals surface area contributed by atoms with Gasteiger partial charge in [-0.3, -0.25) is 4.79 Å². The molecular weight excluding hydrogens is 277 g/mol. The number of rotatable bonds is 3. The summed E-state index contributed by atoms with van der Waals surface area (Å²) in [6.45, 7) is -1.36. The summed E-state index contributed by atoms with van der Waals surface area (Å²) in [4.78, 5) is 15.5. The fraction of sp³-hybridized carbons (Fsp3) is 0.167. The molecule has 2 aromatic rings. The number of carbonyl (C=O) groups excluding carboxylic acids is 1. The van der Waals surface area contributed by atoms with Crippen molar-refractivity contribution in [3.63, 3.8) is 0 Å². The number of benzene rings is 1. The third-order valence-electron chi connectivity index (χ3n) is 2.21. The highest BCUT2D eigenvalue weighted by Gasteiger charge is 2.28. The van der Waals surface area contributed by atoms with Crippen LogP contribution in [-0.4, -0.2) is 23.6 Å². The van der Waals surface area contributed by atoms with Gasteiger partial charge in [-0.15, -0.1) is 11.3 Å². The molecule has 3 nitrogen and oxygen atoms in total. The first-order valence-corrected chi connectivity index (χ1v) is 6.19. The monoisotopic (exact) mass is 286 g/mol. The highest BCUT2D eigenvalue weighted by atomic mass is 32.1. The van der Waals surface area contributed by atoms with Gasteiger partial charge in [0, 0.05) is 10.9 Å². The predicted molar refractivity (Wildman–Crippen MR) is 65.9 cm³/mol. The number of alkyl halides is 3. The first-order chi connectivity index (χ1) is 8.96. The van der Waals surface area contributed by atoms with E-state index in [4.69, 9.17) is 0 Å². The molecule has 0 bridgehead atoms. The van der Waals surface area contributed by atoms with Gasteiger partial charge in [0.15, 0.2) is 0 Å². The molecule has 0 fully saturated rings. The molecule has 0 aliphatic carbocycles. The van der Waals surface area contributed by atoms with Crippen molar-refractivity contribution in [2.75, 3.05) is 6.54 Å². The van der Waals surface area contributed by atoms with E-state index in [0.29, 0.717) is 5.01 Å². The maximum absolute atomic E-state index is 12.0. The van der Waals surface area contributed by atoms with E-state index in [1.165, 1.54) is 16.7 Å². The number of hydrogen-bond acceptors (Lipinski definition) is 3. The zero-order chi connectivity index (χ0) is 13.9. The van der Waals surface area contributed by atoms with E-state index < -0.39 is 18.6 Å². The molecule has 0 radical (unpaired) electrons. The van der Waals surface area contributed by atoms with E-state index in [1.807, 2.05) is 30.3 Å². The second-order valence-electron chi connectivity index (χ2n) is 3.70. The molecule has 1 heterocycles. The number of amides is 1. The Morgan fingerprint density at radius 2 is 1.95 bits per heavy atom. The van der Waals surface area contributed by atoms with Gasteiger partial charge in [0.2, 0.25) is 0 Å². The zero-order valence-corrected chi connectivity index (χ0v) is 10.4. The summed E-state index contributed by atoms with van der Waals surface area (Å²) < 4.78 is 35.9. The van der Waals surface area contributed by atoms with Crippen LogP contribution in [-0.2, 0) is 0 Å². The molecule has 0 aliphatic heterocycles. The van der Waals surface area contributed by atoms with Crippen molar-refractivity contribution in [2.24, 2.45) is 0 Å². The maximum Gasteiger partial charge on any atom is 0.405 e. The van der Waals surface area contributed by atoms with Crippen LogP contribution in [0.2, 0.25) is 0 Å². The minimum atomic E-state index is -4.42. The van der Waals surface area contributed by atoms with Crippen LogP contribution < -0.4 is 5.32 Å². The Morgan fingerprint density at radius 3 is 2.58 bits per heavy atom. The van der Waals surface area contributed by atoms with E-state index in [9.17, 15) is 18.0 Å². The molecule has 0 aliphatic rings. The average molecular weight is 286 g/mol. The Balaban J connectivity index is 2.07. The second-order valence-corrected chi connectivity index (χ2v) is 4.56. The van der Waals surface area contributed by atoms with Crippen LogP contribution in [0.15, 0.2) is 35.7 Å². The van der Waals surface area contributed by atoms with E-state index in [2.05, 4.69) is 4.98 Å². The number of nitrogens with one attached hydrogen (secondary N) is 1. The van der Waals surface area contributed by atoms with E-state index >= 15 is 0 Å². The van der Waals surface area contributed by atoms with Crippen molar-refractivity contribution in [1.82, 2.24) is 10.3 Å². The van der Waals surface area contributed by atoms with Crippen LogP contribution >= 0.6 is 11.3 Å². The lowest BCUT2D eigenvalue weighted by Crippen LogP contribution is -2.33. The number of hydrogen-bond donors (Lipinski definition) is 1. The average Bonchev–Trinajstić information content (AvgIpc) is 2.86. The van der Waals surface area contributed by atoms with Gasteiger partial charge >= 0.3 is 6.18 Å². The van der Waals surface area contributed by atoms with Gasteiger partial charge in [0.1, 0.15) is 17.2 Å². The molecule has 0 saturated carbocycles. The number of thiazole rings is 1. The molecule has 2 rings (SSSR count). The van der Waals surface area contributed by atoms with Crippen LogP contribution in [0.3, 0.4) is 0 Å². The summed E-state index contributed by atoms with van der Waals surface area (Å²) in [5, 5.41) is 3.82. The molecule has 100 valence electrons. The summed E-state index contributed by atoms with van der Waals surface area (Å²) in [6.07, 6.45) is -4.42. The van der Waals surface area contributed by atoms with Gasteiger partial charge in [-0.1, -0.05) is 30.3 Å². The van der Waals surface area contributed by atoms with Crippen molar-refractivity contribution in [1.29, 1.82) is 0 Å².